The van der Waals surface area contributed by atoms with Gasteiger partial charge >= 0.3 is 0 Å². The van der Waals surface area contributed by atoms with E-state index < -0.39 is 0 Å². The number of methoxy groups -OCH3 is 1. The van der Waals surface area contributed by atoms with Gasteiger partial charge in [0.1, 0.15) is 5.75 Å². The highest BCUT2D eigenvalue weighted by atomic mass is 32.1. The van der Waals surface area contributed by atoms with Gasteiger partial charge in [-0.15, -0.1) is 0 Å². The Morgan fingerprint density at radius 3 is 2.19 bits per heavy atom. The third kappa shape index (κ3) is 6.94. The van der Waals surface area contributed by atoms with Crippen LogP contribution in [0.1, 0.15) is 21.5 Å². The Morgan fingerprint density at radius 1 is 0.871 bits per heavy atom. The summed E-state index contributed by atoms with van der Waals surface area (Å²) in [6, 6.07) is 23.8. The fourth-order valence-corrected chi connectivity index (χ4v) is 3.08. The second-order valence-corrected chi connectivity index (χ2v) is 7.18. The standard InChI is InChI=1S/C24H23N3O3S/c1-30-21-13-7-17(8-14-21)15-22(28)27-24(31)26-20-11-9-19(10-12-20)23(29)25-16-18-5-3-2-4-6-18/h2-14H,15-16H2,1H3,(H,25,29)(H2,26,27,28,31). The Morgan fingerprint density at radius 2 is 1.55 bits per heavy atom. The van der Waals surface area contributed by atoms with Crippen LogP contribution in [0.15, 0.2) is 78.9 Å². The normalized spacial score (nSPS) is 10.1. The molecule has 31 heavy (non-hydrogen) atoms. The number of benzene rings is 3. The van der Waals surface area contributed by atoms with Crippen molar-refractivity contribution in [2.75, 3.05) is 12.4 Å². The van der Waals surface area contributed by atoms with Crippen molar-refractivity contribution in [3.05, 3.63) is 95.6 Å². The zero-order valence-electron chi connectivity index (χ0n) is 17.1. The topological polar surface area (TPSA) is 79.5 Å². The van der Waals surface area contributed by atoms with Crippen LogP contribution >= 0.6 is 12.2 Å². The maximum Gasteiger partial charge on any atom is 0.251 e. The van der Waals surface area contributed by atoms with Crippen molar-refractivity contribution in [3.63, 3.8) is 0 Å². The van der Waals surface area contributed by atoms with Gasteiger partial charge in [0.15, 0.2) is 5.11 Å². The average Bonchev–Trinajstić information content (AvgIpc) is 2.79. The summed E-state index contributed by atoms with van der Waals surface area (Å²) in [5.41, 5.74) is 3.10. The molecule has 0 fully saturated rings. The molecule has 2 amide bonds. The highest BCUT2D eigenvalue weighted by Gasteiger charge is 2.08. The van der Waals surface area contributed by atoms with Crippen LogP contribution in [0.3, 0.4) is 0 Å². The van der Waals surface area contributed by atoms with E-state index in [2.05, 4.69) is 16.0 Å². The van der Waals surface area contributed by atoms with Gasteiger partial charge in [0.05, 0.1) is 13.5 Å². The number of ether oxygens (including phenoxy) is 1. The predicted molar refractivity (Wildman–Crippen MR) is 125 cm³/mol. The Labute approximate surface area is 186 Å². The molecule has 3 rings (SSSR count). The van der Waals surface area contributed by atoms with Crippen molar-refractivity contribution >= 4 is 34.8 Å². The van der Waals surface area contributed by atoms with Crippen molar-refractivity contribution in [1.29, 1.82) is 0 Å². The third-order valence-electron chi connectivity index (χ3n) is 4.48. The van der Waals surface area contributed by atoms with E-state index in [9.17, 15) is 9.59 Å². The number of carbonyl (C=O) groups is 2. The van der Waals surface area contributed by atoms with E-state index in [1.54, 1.807) is 43.5 Å². The second kappa shape index (κ2) is 10.9. The molecule has 0 aliphatic rings. The average molecular weight is 434 g/mol. The molecule has 3 aromatic rings. The fourth-order valence-electron chi connectivity index (χ4n) is 2.85. The largest absolute Gasteiger partial charge is 0.497 e. The first-order chi connectivity index (χ1) is 15.0. The number of nitrogens with one attached hydrogen (secondary N) is 3. The van der Waals surface area contributed by atoms with Crippen LogP contribution in [0.25, 0.3) is 0 Å². The minimum atomic E-state index is -0.223. The Bertz CT molecular complexity index is 1040. The summed E-state index contributed by atoms with van der Waals surface area (Å²) in [4.78, 5) is 24.5. The van der Waals surface area contributed by atoms with Gasteiger partial charge in [-0.3, -0.25) is 9.59 Å². The lowest BCUT2D eigenvalue weighted by Crippen LogP contribution is -2.35. The summed E-state index contributed by atoms with van der Waals surface area (Å²) in [5.74, 6) is 0.351. The van der Waals surface area contributed by atoms with Gasteiger partial charge in [-0.1, -0.05) is 42.5 Å². The van der Waals surface area contributed by atoms with E-state index in [0.29, 0.717) is 17.8 Å². The van der Waals surface area contributed by atoms with Crippen LogP contribution in [-0.2, 0) is 17.8 Å². The number of rotatable bonds is 7. The van der Waals surface area contributed by atoms with Crippen molar-refractivity contribution in [2.45, 2.75) is 13.0 Å². The lowest BCUT2D eigenvalue weighted by atomic mass is 10.1. The summed E-state index contributed by atoms with van der Waals surface area (Å²) in [7, 11) is 1.59. The molecular weight excluding hydrogens is 410 g/mol. The van der Waals surface area contributed by atoms with Crippen LogP contribution in [-0.4, -0.2) is 24.0 Å². The molecule has 158 valence electrons. The Kier molecular flexibility index (Phi) is 7.73. The van der Waals surface area contributed by atoms with E-state index in [4.69, 9.17) is 17.0 Å². The molecule has 0 aliphatic carbocycles. The first kappa shape index (κ1) is 22.0. The van der Waals surface area contributed by atoms with Crippen molar-refractivity contribution in [3.8, 4) is 5.75 Å². The molecule has 0 spiro atoms. The monoisotopic (exact) mass is 433 g/mol. The fraction of sp³-hybridized carbons (Fsp3) is 0.125. The first-order valence-corrected chi connectivity index (χ1v) is 10.1. The molecule has 0 bridgehead atoms. The van der Waals surface area contributed by atoms with Crippen molar-refractivity contribution in [2.24, 2.45) is 0 Å². The number of amides is 2. The second-order valence-electron chi connectivity index (χ2n) is 6.77. The Hall–Kier alpha value is -3.71. The smallest absolute Gasteiger partial charge is 0.251 e. The van der Waals surface area contributed by atoms with Gasteiger partial charge in [0.25, 0.3) is 5.91 Å². The van der Waals surface area contributed by atoms with Crippen LogP contribution in [0.2, 0.25) is 0 Å². The molecule has 0 unspecified atom stereocenters. The minimum Gasteiger partial charge on any atom is -0.497 e. The van der Waals surface area contributed by atoms with Crippen LogP contribution in [0.5, 0.6) is 5.75 Å². The van der Waals surface area contributed by atoms with Crippen molar-refractivity contribution in [1.82, 2.24) is 10.6 Å². The molecule has 0 heterocycles. The number of hydrogen-bond acceptors (Lipinski definition) is 4. The zero-order valence-corrected chi connectivity index (χ0v) is 17.9. The van der Waals surface area contributed by atoms with Gasteiger partial charge in [-0.25, -0.2) is 0 Å². The molecule has 0 aromatic heterocycles. The van der Waals surface area contributed by atoms with E-state index in [1.165, 1.54) is 0 Å². The number of thiocarbonyl (C=S) groups is 1. The number of hydrogen-bond donors (Lipinski definition) is 3. The highest BCUT2D eigenvalue weighted by molar-refractivity contribution is 7.80. The quantitative estimate of drug-likeness (QED) is 0.496. The molecular formula is C24H23N3O3S. The van der Waals surface area contributed by atoms with Gasteiger partial charge in [-0.2, -0.15) is 0 Å². The summed E-state index contributed by atoms with van der Waals surface area (Å²) in [5, 5.41) is 8.68. The van der Waals surface area contributed by atoms with Crippen LogP contribution < -0.4 is 20.7 Å². The Balaban J connectivity index is 1.46. The van der Waals surface area contributed by atoms with E-state index in [-0.39, 0.29) is 23.3 Å². The molecule has 0 saturated carbocycles. The summed E-state index contributed by atoms with van der Waals surface area (Å²) < 4.78 is 5.11. The molecule has 3 aromatic carbocycles. The number of anilines is 1. The molecule has 0 aliphatic heterocycles. The lowest BCUT2D eigenvalue weighted by molar-refractivity contribution is -0.119. The van der Waals surface area contributed by atoms with Crippen molar-refractivity contribution < 1.29 is 14.3 Å². The maximum absolute atomic E-state index is 12.3. The van der Waals surface area contributed by atoms with Gasteiger partial charge in [0.2, 0.25) is 5.91 Å². The highest BCUT2D eigenvalue weighted by Crippen LogP contribution is 2.12. The summed E-state index contributed by atoms with van der Waals surface area (Å²) in [6.07, 6.45) is 0.201. The maximum atomic E-state index is 12.3. The zero-order chi connectivity index (χ0) is 22.1. The number of carbonyl (C=O) groups excluding carboxylic acids is 2. The molecule has 0 atom stereocenters. The lowest BCUT2D eigenvalue weighted by Gasteiger charge is -2.11. The minimum absolute atomic E-state index is 0.161. The molecule has 7 heteroatoms. The van der Waals surface area contributed by atoms with Gasteiger partial charge in [0, 0.05) is 17.8 Å². The molecule has 0 radical (unpaired) electrons. The summed E-state index contributed by atoms with van der Waals surface area (Å²) >= 11 is 5.21. The van der Waals surface area contributed by atoms with E-state index in [1.807, 2.05) is 42.5 Å². The van der Waals surface area contributed by atoms with Crippen LogP contribution in [0, 0.1) is 0 Å². The van der Waals surface area contributed by atoms with E-state index in [0.717, 1.165) is 16.9 Å². The first-order valence-electron chi connectivity index (χ1n) is 9.69. The van der Waals surface area contributed by atoms with Gasteiger partial charge < -0.3 is 20.7 Å². The third-order valence-corrected chi connectivity index (χ3v) is 4.68. The molecule has 6 nitrogen and oxygen atoms in total. The SMILES string of the molecule is COc1ccc(CC(=O)NC(=S)Nc2ccc(C(=O)NCc3ccccc3)cc2)cc1. The molecule has 0 saturated heterocycles. The molecule has 3 N–H and O–H groups in total. The predicted octanol–water partition coefficient (Wildman–Crippen LogP) is 3.68. The summed E-state index contributed by atoms with van der Waals surface area (Å²) in [6.45, 7) is 0.462. The van der Waals surface area contributed by atoms with Gasteiger partial charge in [-0.05, 0) is 59.7 Å². The van der Waals surface area contributed by atoms with Crippen LogP contribution in [0.4, 0.5) is 5.69 Å². The van der Waals surface area contributed by atoms with E-state index >= 15 is 0 Å².